The molecule has 0 atom stereocenters. The van der Waals surface area contributed by atoms with Crippen LogP contribution in [-0.4, -0.2) is 38.0 Å². The summed E-state index contributed by atoms with van der Waals surface area (Å²) in [4.78, 5) is 17.8. The average molecular weight is 436 g/mol. The lowest BCUT2D eigenvalue weighted by atomic mass is 10.1. The number of hydrogen-bond donors (Lipinski definition) is 1. The third-order valence-electron chi connectivity index (χ3n) is 5.49. The highest BCUT2D eigenvalue weighted by Crippen LogP contribution is 2.42. The second kappa shape index (κ2) is 8.19. The van der Waals surface area contributed by atoms with Gasteiger partial charge in [-0.05, 0) is 50.1 Å². The van der Waals surface area contributed by atoms with Gasteiger partial charge in [0.05, 0.1) is 5.75 Å². The summed E-state index contributed by atoms with van der Waals surface area (Å²) in [7, 11) is 0. The number of nitrogens with zero attached hydrogens (tertiary/aromatic N) is 4. The number of thioether (sulfide) groups is 1. The van der Waals surface area contributed by atoms with Gasteiger partial charge in [0.15, 0.2) is 11.0 Å². The van der Waals surface area contributed by atoms with Crippen LogP contribution in [0.1, 0.15) is 25.8 Å². The van der Waals surface area contributed by atoms with Crippen molar-refractivity contribution in [3.8, 4) is 11.4 Å². The summed E-state index contributed by atoms with van der Waals surface area (Å²) >= 11 is 1.40. The number of carbonyl (C=O) groups is 1. The number of aromatic nitrogens is 4. The lowest BCUT2D eigenvalue weighted by molar-refractivity contribution is -0.116. The van der Waals surface area contributed by atoms with Gasteiger partial charge in [0.25, 0.3) is 0 Å². The van der Waals surface area contributed by atoms with Gasteiger partial charge in [-0.3, -0.25) is 9.36 Å². The molecule has 1 aliphatic carbocycles. The third-order valence-corrected chi connectivity index (χ3v) is 6.41. The molecule has 1 aliphatic rings. The maximum atomic E-state index is 13.2. The second-order valence-corrected chi connectivity index (χ2v) is 8.50. The summed E-state index contributed by atoms with van der Waals surface area (Å²) < 4.78 is 15.4. The number of rotatable bonds is 7. The zero-order valence-electron chi connectivity index (χ0n) is 17.1. The van der Waals surface area contributed by atoms with E-state index in [9.17, 15) is 9.18 Å². The van der Waals surface area contributed by atoms with Crippen molar-refractivity contribution in [1.82, 2.24) is 19.7 Å². The molecule has 31 heavy (non-hydrogen) atoms. The molecule has 0 aliphatic heterocycles. The number of benzene rings is 2. The Morgan fingerprint density at radius 1 is 1.19 bits per heavy atom. The summed E-state index contributed by atoms with van der Waals surface area (Å²) in [5.74, 6) is 0.715. The lowest BCUT2D eigenvalue weighted by Gasteiger charge is -2.20. The van der Waals surface area contributed by atoms with Crippen LogP contribution >= 0.6 is 11.8 Å². The van der Waals surface area contributed by atoms with Crippen LogP contribution in [0.4, 0.5) is 10.1 Å². The Labute approximate surface area is 183 Å². The maximum Gasteiger partial charge on any atom is 0.237 e. The Morgan fingerprint density at radius 2 is 1.97 bits per heavy atom. The van der Waals surface area contributed by atoms with Gasteiger partial charge < -0.3 is 9.88 Å². The number of H-pyrrole nitrogens is 1. The molecule has 1 amide bonds. The first kappa shape index (κ1) is 19.8. The standard InChI is InChI=1S/C23H22FN5OS/c1-2-28(16-9-7-15(24)8-10-16)21(30)14-31-23-27-26-22(29(23)17-11-12-17)19-13-25-20-6-4-3-5-18(19)20/h3-10,13,17,25H,2,11-12,14H2,1H3. The van der Waals surface area contributed by atoms with Crippen LogP contribution in [0.15, 0.2) is 59.9 Å². The molecule has 4 aromatic rings. The van der Waals surface area contributed by atoms with Crippen molar-refractivity contribution in [2.45, 2.75) is 31.0 Å². The number of para-hydroxylation sites is 1. The zero-order chi connectivity index (χ0) is 21.4. The molecule has 8 heteroatoms. The number of amides is 1. The largest absolute Gasteiger partial charge is 0.360 e. The van der Waals surface area contributed by atoms with Crippen LogP contribution in [0.2, 0.25) is 0 Å². The molecule has 5 rings (SSSR count). The van der Waals surface area contributed by atoms with Crippen molar-refractivity contribution in [2.24, 2.45) is 0 Å². The van der Waals surface area contributed by atoms with E-state index in [0.717, 1.165) is 40.3 Å². The summed E-state index contributed by atoms with van der Waals surface area (Å²) in [5, 5.41) is 10.8. The summed E-state index contributed by atoms with van der Waals surface area (Å²) in [6.07, 6.45) is 4.15. The topological polar surface area (TPSA) is 66.8 Å². The van der Waals surface area contributed by atoms with Gasteiger partial charge in [0.1, 0.15) is 5.82 Å². The molecule has 1 fully saturated rings. The Balaban J connectivity index is 1.39. The van der Waals surface area contributed by atoms with Gasteiger partial charge in [0, 0.05) is 40.9 Å². The zero-order valence-corrected chi connectivity index (χ0v) is 17.9. The van der Waals surface area contributed by atoms with Gasteiger partial charge in [-0.15, -0.1) is 10.2 Å². The Bertz CT molecular complexity index is 1230. The van der Waals surface area contributed by atoms with E-state index >= 15 is 0 Å². The molecule has 0 radical (unpaired) electrons. The van der Waals surface area contributed by atoms with Crippen molar-refractivity contribution in [3.63, 3.8) is 0 Å². The first-order valence-electron chi connectivity index (χ1n) is 10.4. The third kappa shape index (κ3) is 3.83. The molecule has 2 heterocycles. The molecular weight excluding hydrogens is 413 g/mol. The van der Waals surface area contributed by atoms with E-state index < -0.39 is 0 Å². The minimum Gasteiger partial charge on any atom is -0.360 e. The lowest BCUT2D eigenvalue weighted by Crippen LogP contribution is -2.32. The SMILES string of the molecule is CCN(C(=O)CSc1nnc(-c2c[nH]c3ccccc23)n1C1CC1)c1ccc(F)cc1. The molecule has 1 N–H and O–H groups in total. The minimum atomic E-state index is -0.316. The van der Waals surface area contributed by atoms with Gasteiger partial charge >= 0.3 is 0 Å². The van der Waals surface area contributed by atoms with E-state index in [1.54, 1.807) is 17.0 Å². The van der Waals surface area contributed by atoms with E-state index in [2.05, 4.69) is 25.8 Å². The molecule has 6 nitrogen and oxygen atoms in total. The van der Waals surface area contributed by atoms with Gasteiger partial charge in [-0.25, -0.2) is 4.39 Å². The van der Waals surface area contributed by atoms with Crippen LogP contribution in [-0.2, 0) is 4.79 Å². The van der Waals surface area contributed by atoms with Gasteiger partial charge in [-0.1, -0.05) is 30.0 Å². The molecule has 158 valence electrons. The smallest absolute Gasteiger partial charge is 0.237 e. The highest BCUT2D eigenvalue weighted by molar-refractivity contribution is 7.99. The quantitative estimate of drug-likeness (QED) is 0.413. The molecule has 0 unspecified atom stereocenters. The first-order chi connectivity index (χ1) is 15.2. The van der Waals surface area contributed by atoms with Crippen LogP contribution in [0.5, 0.6) is 0 Å². The van der Waals surface area contributed by atoms with Gasteiger partial charge in [-0.2, -0.15) is 0 Å². The second-order valence-electron chi connectivity index (χ2n) is 7.56. The van der Waals surface area contributed by atoms with Gasteiger partial charge in [0.2, 0.25) is 5.91 Å². The molecule has 0 bridgehead atoms. The van der Waals surface area contributed by atoms with E-state index in [1.807, 2.05) is 31.3 Å². The molecule has 0 saturated heterocycles. The monoisotopic (exact) mass is 435 g/mol. The van der Waals surface area contributed by atoms with Crippen LogP contribution in [0, 0.1) is 5.82 Å². The molecule has 2 aromatic carbocycles. The highest BCUT2D eigenvalue weighted by atomic mass is 32.2. The Kier molecular flexibility index (Phi) is 5.23. The number of carbonyl (C=O) groups excluding carboxylic acids is 1. The highest BCUT2D eigenvalue weighted by Gasteiger charge is 2.31. The number of fused-ring (bicyclic) bond motifs is 1. The van der Waals surface area contributed by atoms with E-state index in [-0.39, 0.29) is 17.5 Å². The summed E-state index contributed by atoms with van der Waals surface area (Å²) in [6.45, 7) is 2.43. The number of anilines is 1. The molecule has 0 spiro atoms. The summed E-state index contributed by atoms with van der Waals surface area (Å²) in [5.41, 5.74) is 2.78. The predicted molar refractivity (Wildman–Crippen MR) is 121 cm³/mol. The average Bonchev–Trinajstić information content (AvgIpc) is 3.40. The molecule has 2 aromatic heterocycles. The van der Waals surface area contributed by atoms with Crippen LogP contribution < -0.4 is 4.90 Å². The number of nitrogens with one attached hydrogen (secondary N) is 1. The van der Waals surface area contributed by atoms with Crippen LogP contribution in [0.25, 0.3) is 22.3 Å². The van der Waals surface area contributed by atoms with Crippen LogP contribution in [0.3, 0.4) is 0 Å². The number of hydrogen-bond acceptors (Lipinski definition) is 4. The molecule has 1 saturated carbocycles. The van der Waals surface area contributed by atoms with E-state index in [0.29, 0.717) is 18.3 Å². The van der Waals surface area contributed by atoms with Crippen molar-refractivity contribution >= 4 is 34.3 Å². The fourth-order valence-corrected chi connectivity index (χ4v) is 4.69. The van der Waals surface area contributed by atoms with E-state index in [4.69, 9.17) is 0 Å². The predicted octanol–water partition coefficient (Wildman–Crippen LogP) is 5.05. The van der Waals surface area contributed by atoms with Crippen molar-refractivity contribution in [1.29, 1.82) is 0 Å². The maximum absolute atomic E-state index is 13.2. The normalized spacial score (nSPS) is 13.6. The van der Waals surface area contributed by atoms with Crippen molar-refractivity contribution in [2.75, 3.05) is 17.2 Å². The molecular formula is C23H22FN5OS. The fraction of sp³-hybridized carbons (Fsp3) is 0.261. The van der Waals surface area contributed by atoms with Crippen molar-refractivity contribution in [3.05, 3.63) is 60.5 Å². The fourth-order valence-electron chi connectivity index (χ4n) is 3.81. The van der Waals surface area contributed by atoms with Crippen molar-refractivity contribution < 1.29 is 9.18 Å². The minimum absolute atomic E-state index is 0.0434. The Morgan fingerprint density at radius 3 is 2.71 bits per heavy atom. The number of halogens is 1. The summed E-state index contributed by atoms with van der Waals surface area (Å²) in [6, 6.07) is 14.5. The number of aromatic amines is 1. The first-order valence-corrected chi connectivity index (χ1v) is 11.3. The van der Waals surface area contributed by atoms with E-state index in [1.165, 1.54) is 23.9 Å². The Hall–Kier alpha value is -3.13.